The normalized spacial score (nSPS) is 10.5. The van der Waals surface area contributed by atoms with Gasteiger partial charge in [0.2, 0.25) is 0 Å². The van der Waals surface area contributed by atoms with E-state index in [1.54, 1.807) is 13.3 Å². The highest BCUT2D eigenvalue weighted by Gasteiger charge is 2.06. The SMILES string of the molecule is CCCNc1cc(Sc2ccccn2)nc(COC)n1. The lowest BCUT2D eigenvalue weighted by atomic mass is 10.4. The second-order valence-corrected chi connectivity index (χ2v) is 5.18. The van der Waals surface area contributed by atoms with Crippen LogP contribution in [0.4, 0.5) is 5.82 Å². The molecule has 0 spiro atoms. The minimum atomic E-state index is 0.400. The maximum absolute atomic E-state index is 5.11. The highest BCUT2D eigenvalue weighted by molar-refractivity contribution is 7.99. The number of methoxy groups -OCH3 is 1. The number of pyridine rings is 1. The Balaban J connectivity index is 2.19. The summed E-state index contributed by atoms with van der Waals surface area (Å²) in [7, 11) is 1.64. The van der Waals surface area contributed by atoms with E-state index in [2.05, 4.69) is 27.2 Å². The lowest BCUT2D eigenvalue weighted by molar-refractivity contribution is 0.177. The Kier molecular flexibility index (Phi) is 5.76. The molecule has 0 bridgehead atoms. The molecule has 0 aromatic carbocycles. The van der Waals surface area contributed by atoms with E-state index in [9.17, 15) is 0 Å². The Morgan fingerprint density at radius 1 is 1.25 bits per heavy atom. The Labute approximate surface area is 123 Å². The average molecular weight is 290 g/mol. The highest BCUT2D eigenvalue weighted by Crippen LogP contribution is 2.25. The molecular weight excluding hydrogens is 272 g/mol. The van der Waals surface area contributed by atoms with Crippen LogP contribution in [0, 0.1) is 0 Å². The summed E-state index contributed by atoms with van der Waals surface area (Å²) in [5, 5.41) is 5.06. The predicted octanol–water partition coefficient (Wildman–Crippen LogP) is 2.99. The minimum absolute atomic E-state index is 0.400. The van der Waals surface area contributed by atoms with Crippen LogP contribution in [0.1, 0.15) is 19.2 Å². The molecule has 0 aliphatic carbocycles. The van der Waals surface area contributed by atoms with Gasteiger partial charge in [-0.05, 0) is 30.3 Å². The van der Waals surface area contributed by atoms with Gasteiger partial charge < -0.3 is 10.1 Å². The van der Waals surface area contributed by atoms with Crippen molar-refractivity contribution in [2.75, 3.05) is 19.0 Å². The molecule has 1 N–H and O–H groups in total. The second-order valence-electron chi connectivity index (χ2n) is 4.14. The van der Waals surface area contributed by atoms with Gasteiger partial charge in [0.25, 0.3) is 0 Å². The van der Waals surface area contributed by atoms with Gasteiger partial charge in [0.05, 0.1) is 0 Å². The maximum Gasteiger partial charge on any atom is 0.157 e. The van der Waals surface area contributed by atoms with Crippen LogP contribution in [0.3, 0.4) is 0 Å². The van der Waals surface area contributed by atoms with Gasteiger partial charge in [-0.15, -0.1) is 0 Å². The number of nitrogens with zero attached hydrogens (tertiary/aromatic N) is 3. The van der Waals surface area contributed by atoms with Crippen molar-refractivity contribution in [3.05, 3.63) is 36.3 Å². The van der Waals surface area contributed by atoms with Crippen LogP contribution in [0.2, 0.25) is 0 Å². The molecule has 2 heterocycles. The van der Waals surface area contributed by atoms with Crippen molar-refractivity contribution in [1.82, 2.24) is 15.0 Å². The van der Waals surface area contributed by atoms with Crippen molar-refractivity contribution < 1.29 is 4.74 Å². The van der Waals surface area contributed by atoms with E-state index in [4.69, 9.17) is 4.74 Å². The lowest BCUT2D eigenvalue weighted by Gasteiger charge is -2.08. The zero-order valence-corrected chi connectivity index (χ0v) is 12.5. The van der Waals surface area contributed by atoms with Crippen LogP contribution in [0.15, 0.2) is 40.5 Å². The minimum Gasteiger partial charge on any atom is -0.377 e. The van der Waals surface area contributed by atoms with E-state index in [1.165, 1.54) is 11.8 Å². The van der Waals surface area contributed by atoms with Gasteiger partial charge in [-0.3, -0.25) is 0 Å². The third-order valence-electron chi connectivity index (χ3n) is 2.43. The quantitative estimate of drug-likeness (QED) is 0.791. The number of hydrogen-bond donors (Lipinski definition) is 1. The molecule has 0 radical (unpaired) electrons. The summed E-state index contributed by atoms with van der Waals surface area (Å²) in [4.78, 5) is 13.2. The molecule has 0 saturated carbocycles. The molecule has 2 rings (SSSR count). The summed E-state index contributed by atoms with van der Waals surface area (Å²) < 4.78 is 5.11. The van der Waals surface area contributed by atoms with Gasteiger partial charge in [-0.25, -0.2) is 15.0 Å². The molecule has 2 aromatic rings. The zero-order chi connectivity index (χ0) is 14.2. The Morgan fingerprint density at radius 2 is 2.15 bits per heavy atom. The van der Waals surface area contributed by atoms with Crippen LogP contribution in [-0.4, -0.2) is 28.6 Å². The van der Waals surface area contributed by atoms with Crippen molar-refractivity contribution in [3.63, 3.8) is 0 Å². The number of nitrogens with one attached hydrogen (secondary N) is 1. The van der Waals surface area contributed by atoms with Crippen molar-refractivity contribution in [1.29, 1.82) is 0 Å². The molecule has 0 aliphatic rings. The maximum atomic E-state index is 5.11. The van der Waals surface area contributed by atoms with Crippen LogP contribution >= 0.6 is 11.8 Å². The number of anilines is 1. The molecule has 0 unspecified atom stereocenters. The molecule has 0 atom stereocenters. The standard InChI is InChI=1S/C14H18N4OS/c1-3-7-15-11-9-14(18-12(17-11)10-19-2)20-13-6-4-5-8-16-13/h4-6,8-9H,3,7,10H2,1-2H3,(H,15,17,18). The molecule has 6 heteroatoms. The van der Waals surface area contributed by atoms with Gasteiger partial charge in [-0.1, -0.05) is 13.0 Å². The lowest BCUT2D eigenvalue weighted by Crippen LogP contribution is -2.06. The Morgan fingerprint density at radius 3 is 2.85 bits per heavy atom. The number of ether oxygens (including phenoxy) is 1. The van der Waals surface area contributed by atoms with Gasteiger partial charge >= 0.3 is 0 Å². The largest absolute Gasteiger partial charge is 0.377 e. The van der Waals surface area contributed by atoms with E-state index >= 15 is 0 Å². The topological polar surface area (TPSA) is 59.9 Å². The summed E-state index contributed by atoms with van der Waals surface area (Å²) in [5.74, 6) is 1.50. The van der Waals surface area contributed by atoms with Gasteiger partial charge in [-0.2, -0.15) is 0 Å². The van der Waals surface area contributed by atoms with Crippen LogP contribution in [0.25, 0.3) is 0 Å². The first-order valence-corrected chi connectivity index (χ1v) is 7.33. The molecule has 0 aliphatic heterocycles. The second kappa shape index (κ2) is 7.81. The predicted molar refractivity (Wildman–Crippen MR) is 79.9 cm³/mol. The van der Waals surface area contributed by atoms with E-state index in [-0.39, 0.29) is 0 Å². The number of hydrogen-bond acceptors (Lipinski definition) is 6. The summed E-state index contributed by atoms with van der Waals surface area (Å²) in [6.07, 6.45) is 2.82. The fraction of sp³-hybridized carbons (Fsp3) is 0.357. The monoisotopic (exact) mass is 290 g/mol. The van der Waals surface area contributed by atoms with Gasteiger partial charge in [0, 0.05) is 25.9 Å². The summed E-state index contributed by atoms with van der Waals surface area (Å²) in [5.41, 5.74) is 0. The van der Waals surface area contributed by atoms with Gasteiger partial charge in [0.1, 0.15) is 22.5 Å². The fourth-order valence-corrected chi connectivity index (χ4v) is 2.37. The molecule has 20 heavy (non-hydrogen) atoms. The molecule has 106 valence electrons. The van der Waals surface area contributed by atoms with E-state index in [0.29, 0.717) is 12.4 Å². The fourth-order valence-electron chi connectivity index (χ4n) is 1.58. The third-order valence-corrected chi connectivity index (χ3v) is 3.29. The first-order chi connectivity index (χ1) is 9.81. The molecular formula is C14H18N4OS. The molecule has 0 saturated heterocycles. The summed E-state index contributed by atoms with van der Waals surface area (Å²) >= 11 is 1.52. The first kappa shape index (κ1) is 14.7. The number of aromatic nitrogens is 3. The van der Waals surface area contributed by atoms with Crippen LogP contribution in [0.5, 0.6) is 0 Å². The van der Waals surface area contributed by atoms with Crippen molar-refractivity contribution in [3.8, 4) is 0 Å². The van der Waals surface area contributed by atoms with Crippen molar-refractivity contribution >= 4 is 17.6 Å². The van der Waals surface area contributed by atoms with E-state index in [0.717, 1.165) is 28.8 Å². The molecule has 0 amide bonds. The van der Waals surface area contributed by atoms with Gasteiger partial charge in [0.15, 0.2) is 5.82 Å². The number of rotatable bonds is 7. The smallest absolute Gasteiger partial charge is 0.157 e. The van der Waals surface area contributed by atoms with Crippen LogP contribution in [-0.2, 0) is 11.3 Å². The molecule has 5 nitrogen and oxygen atoms in total. The van der Waals surface area contributed by atoms with Crippen LogP contribution < -0.4 is 5.32 Å². The Bertz CT molecular complexity index is 536. The molecule has 2 aromatic heterocycles. The van der Waals surface area contributed by atoms with E-state index in [1.807, 2.05) is 24.3 Å². The average Bonchev–Trinajstić information content (AvgIpc) is 2.46. The zero-order valence-electron chi connectivity index (χ0n) is 11.7. The summed E-state index contributed by atoms with van der Waals surface area (Å²) in [6.45, 7) is 3.41. The Hall–Kier alpha value is -1.66. The highest BCUT2D eigenvalue weighted by atomic mass is 32.2. The molecule has 0 fully saturated rings. The third kappa shape index (κ3) is 4.47. The summed E-state index contributed by atoms with van der Waals surface area (Å²) in [6, 6.07) is 7.76. The van der Waals surface area contributed by atoms with Crippen molar-refractivity contribution in [2.45, 2.75) is 30.0 Å². The first-order valence-electron chi connectivity index (χ1n) is 6.51. The van der Waals surface area contributed by atoms with E-state index < -0.39 is 0 Å². The van der Waals surface area contributed by atoms with Crippen molar-refractivity contribution in [2.24, 2.45) is 0 Å².